The first kappa shape index (κ1) is 13.9. The second kappa shape index (κ2) is 6.13. The third-order valence-corrected chi connectivity index (χ3v) is 6.38. The first-order valence-electron chi connectivity index (χ1n) is 8.79. The molecule has 0 aromatic heterocycles. The van der Waals surface area contributed by atoms with Crippen LogP contribution >= 0.6 is 0 Å². The Bertz CT molecular complexity index is 281. The van der Waals surface area contributed by atoms with E-state index in [-0.39, 0.29) is 0 Å². The summed E-state index contributed by atoms with van der Waals surface area (Å²) in [5, 5.41) is 0. The molecule has 0 amide bonds. The molecule has 19 heavy (non-hydrogen) atoms. The van der Waals surface area contributed by atoms with Crippen molar-refractivity contribution in [2.45, 2.75) is 76.2 Å². The first-order valence-corrected chi connectivity index (χ1v) is 8.79. The van der Waals surface area contributed by atoms with Crippen LogP contribution in [0.1, 0.15) is 70.6 Å². The molecule has 1 heterocycles. The van der Waals surface area contributed by atoms with Crippen molar-refractivity contribution in [2.24, 2.45) is 17.6 Å². The number of nitrogens with two attached hydrogens (primary N) is 1. The van der Waals surface area contributed by atoms with E-state index in [9.17, 15) is 0 Å². The van der Waals surface area contributed by atoms with Gasteiger partial charge in [0.25, 0.3) is 0 Å². The minimum Gasteiger partial charge on any atom is -0.329 e. The molecular weight excluding hydrogens is 232 g/mol. The summed E-state index contributed by atoms with van der Waals surface area (Å²) < 4.78 is 0. The smallest absolute Gasteiger partial charge is 0.0331 e. The molecule has 2 unspecified atom stereocenters. The van der Waals surface area contributed by atoms with Gasteiger partial charge in [0.2, 0.25) is 0 Å². The van der Waals surface area contributed by atoms with Crippen LogP contribution in [-0.4, -0.2) is 30.1 Å². The van der Waals surface area contributed by atoms with Crippen LogP contribution in [0.2, 0.25) is 0 Å². The van der Waals surface area contributed by atoms with Gasteiger partial charge in [0, 0.05) is 18.6 Å². The number of hydrogen-bond donors (Lipinski definition) is 1. The van der Waals surface area contributed by atoms with Crippen LogP contribution < -0.4 is 5.73 Å². The van der Waals surface area contributed by atoms with E-state index in [1.54, 1.807) is 0 Å². The summed E-state index contributed by atoms with van der Waals surface area (Å²) in [5.41, 5.74) is 6.64. The highest BCUT2D eigenvalue weighted by Gasteiger charge is 2.41. The zero-order chi connectivity index (χ0) is 13.1. The lowest BCUT2D eigenvalue weighted by Crippen LogP contribution is -2.58. The zero-order valence-corrected chi connectivity index (χ0v) is 12.6. The lowest BCUT2D eigenvalue weighted by molar-refractivity contribution is -0.000796. The number of nitrogens with zero attached hydrogens (tertiary/aromatic N) is 1. The van der Waals surface area contributed by atoms with Gasteiger partial charge in [-0.05, 0) is 44.1 Å². The fraction of sp³-hybridized carbons (Fsp3) is 1.00. The van der Waals surface area contributed by atoms with E-state index < -0.39 is 0 Å². The van der Waals surface area contributed by atoms with E-state index >= 15 is 0 Å². The molecule has 3 rings (SSSR count). The molecule has 0 radical (unpaired) electrons. The minimum atomic E-state index is 0.374. The van der Waals surface area contributed by atoms with Crippen molar-refractivity contribution in [1.82, 2.24) is 4.90 Å². The number of hydrogen-bond acceptors (Lipinski definition) is 2. The molecule has 0 bridgehead atoms. The Kier molecular flexibility index (Phi) is 4.48. The average Bonchev–Trinajstić information content (AvgIpc) is 2.73. The topological polar surface area (TPSA) is 29.3 Å². The summed E-state index contributed by atoms with van der Waals surface area (Å²) >= 11 is 0. The van der Waals surface area contributed by atoms with Crippen molar-refractivity contribution in [3.63, 3.8) is 0 Å². The minimum absolute atomic E-state index is 0.374. The lowest BCUT2D eigenvalue weighted by Gasteiger charge is -2.50. The molecule has 2 aliphatic carbocycles. The monoisotopic (exact) mass is 264 g/mol. The Balaban J connectivity index is 1.69. The van der Waals surface area contributed by atoms with Crippen LogP contribution in [0.5, 0.6) is 0 Å². The maximum atomic E-state index is 6.26. The highest BCUT2D eigenvalue weighted by molar-refractivity contribution is 4.97. The number of rotatable bonds is 2. The van der Waals surface area contributed by atoms with Crippen molar-refractivity contribution < 1.29 is 0 Å². The fourth-order valence-electron chi connectivity index (χ4n) is 5.07. The van der Waals surface area contributed by atoms with Gasteiger partial charge in [0.05, 0.1) is 0 Å². The maximum Gasteiger partial charge on any atom is 0.0331 e. The Labute approximate surface area is 119 Å². The van der Waals surface area contributed by atoms with Gasteiger partial charge in [-0.3, -0.25) is 4.90 Å². The molecule has 2 N–H and O–H groups in total. The molecule has 2 nitrogen and oxygen atoms in total. The highest BCUT2D eigenvalue weighted by atomic mass is 15.2. The van der Waals surface area contributed by atoms with Crippen molar-refractivity contribution >= 4 is 0 Å². The summed E-state index contributed by atoms with van der Waals surface area (Å²) in [6.45, 7) is 3.59. The second-order valence-corrected chi connectivity index (χ2v) is 7.38. The largest absolute Gasteiger partial charge is 0.329 e. The molecule has 3 fully saturated rings. The van der Waals surface area contributed by atoms with E-state index in [2.05, 4.69) is 4.90 Å². The normalized spacial score (nSPS) is 36.5. The van der Waals surface area contributed by atoms with E-state index in [4.69, 9.17) is 5.73 Å². The number of fused-ring (bicyclic) bond motifs is 1. The van der Waals surface area contributed by atoms with Crippen LogP contribution in [-0.2, 0) is 0 Å². The van der Waals surface area contributed by atoms with Gasteiger partial charge in [0.15, 0.2) is 0 Å². The average molecular weight is 264 g/mol. The van der Waals surface area contributed by atoms with Gasteiger partial charge < -0.3 is 5.73 Å². The maximum absolute atomic E-state index is 6.26. The Hall–Kier alpha value is -0.0800. The third kappa shape index (κ3) is 2.85. The Morgan fingerprint density at radius 2 is 1.53 bits per heavy atom. The van der Waals surface area contributed by atoms with E-state index in [1.165, 1.54) is 83.7 Å². The molecule has 3 aliphatic rings. The second-order valence-electron chi connectivity index (χ2n) is 7.38. The van der Waals surface area contributed by atoms with E-state index in [0.29, 0.717) is 5.54 Å². The van der Waals surface area contributed by atoms with Gasteiger partial charge in [-0.1, -0.05) is 44.9 Å². The van der Waals surface area contributed by atoms with Gasteiger partial charge >= 0.3 is 0 Å². The number of likely N-dealkylation sites (tertiary alicyclic amines) is 1. The molecule has 1 saturated heterocycles. The molecule has 2 saturated carbocycles. The first-order chi connectivity index (χ1) is 9.34. The van der Waals surface area contributed by atoms with Crippen LogP contribution in [0.25, 0.3) is 0 Å². The Morgan fingerprint density at radius 1 is 0.842 bits per heavy atom. The van der Waals surface area contributed by atoms with Crippen molar-refractivity contribution in [3.8, 4) is 0 Å². The zero-order valence-electron chi connectivity index (χ0n) is 12.6. The third-order valence-electron chi connectivity index (χ3n) is 6.38. The number of piperidine rings is 1. The quantitative estimate of drug-likeness (QED) is 0.773. The van der Waals surface area contributed by atoms with Crippen LogP contribution in [0.15, 0.2) is 0 Å². The van der Waals surface area contributed by atoms with E-state index in [0.717, 1.165) is 18.4 Å². The van der Waals surface area contributed by atoms with Crippen LogP contribution in [0.3, 0.4) is 0 Å². The summed E-state index contributed by atoms with van der Waals surface area (Å²) in [4.78, 5) is 2.84. The van der Waals surface area contributed by atoms with E-state index in [1.807, 2.05) is 0 Å². The summed E-state index contributed by atoms with van der Waals surface area (Å²) in [6.07, 6.45) is 15.8. The van der Waals surface area contributed by atoms with Crippen LogP contribution in [0.4, 0.5) is 0 Å². The molecule has 0 aromatic carbocycles. The molecule has 2 atom stereocenters. The summed E-state index contributed by atoms with van der Waals surface area (Å²) in [6, 6.07) is 0. The van der Waals surface area contributed by atoms with Crippen molar-refractivity contribution in [3.05, 3.63) is 0 Å². The molecule has 0 aromatic rings. The Morgan fingerprint density at radius 3 is 2.21 bits per heavy atom. The predicted octanol–water partition coefficient (Wildman–Crippen LogP) is 3.55. The van der Waals surface area contributed by atoms with Crippen LogP contribution in [0, 0.1) is 11.8 Å². The molecule has 110 valence electrons. The molecular formula is C17H32N2. The standard InChI is InChI=1S/C17H32N2/c18-14-17(10-5-1-2-6-11-17)19-12-9-15-7-3-4-8-16(15)13-19/h15-16H,1-14,18H2. The van der Waals surface area contributed by atoms with Gasteiger partial charge in [-0.15, -0.1) is 0 Å². The van der Waals surface area contributed by atoms with Gasteiger partial charge in [-0.2, -0.15) is 0 Å². The predicted molar refractivity (Wildman–Crippen MR) is 81.1 cm³/mol. The SMILES string of the molecule is NCC1(N2CCC3CCCCC3C2)CCCCCC1. The lowest BCUT2D eigenvalue weighted by atomic mass is 9.73. The fourth-order valence-corrected chi connectivity index (χ4v) is 5.07. The van der Waals surface area contributed by atoms with Gasteiger partial charge in [-0.25, -0.2) is 0 Å². The van der Waals surface area contributed by atoms with Crippen molar-refractivity contribution in [2.75, 3.05) is 19.6 Å². The molecule has 2 heteroatoms. The molecule has 1 aliphatic heterocycles. The molecule has 0 spiro atoms. The highest BCUT2D eigenvalue weighted by Crippen LogP contribution is 2.41. The van der Waals surface area contributed by atoms with Crippen molar-refractivity contribution in [1.29, 1.82) is 0 Å². The summed E-state index contributed by atoms with van der Waals surface area (Å²) in [5.74, 6) is 2.04. The summed E-state index contributed by atoms with van der Waals surface area (Å²) in [7, 11) is 0. The van der Waals surface area contributed by atoms with Gasteiger partial charge in [0.1, 0.15) is 0 Å².